The molecule has 3 aromatic rings. The molecule has 3 rings (SSSR count). The number of benzene rings is 2. The van der Waals surface area contributed by atoms with Crippen LogP contribution < -0.4 is 16.2 Å². The molecule has 4 nitrogen and oxygen atoms in total. The average molecular weight is 265 g/mol. The first kappa shape index (κ1) is 12.3. The summed E-state index contributed by atoms with van der Waals surface area (Å²) in [5, 5.41) is 4.34. The van der Waals surface area contributed by atoms with E-state index in [0.717, 1.165) is 5.56 Å². The van der Waals surface area contributed by atoms with Crippen LogP contribution in [0.25, 0.3) is 10.8 Å². The Morgan fingerprint density at radius 3 is 1.95 bits per heavy atom. The fourth-order valence-corrected chi connectivity index (χ4v) is 2.07. The van der Waals surface area contributed by atoms with E-state index in [0.29, 0.717) is 10.8 Å². The van der Waals surface area contributed by atoms with Gasteiger partial charge in [0.1, 0.15) is 6.61 Å². The highest BCUT2D eigenvalue weighted by molar-refractivity contribution is 5.83. The summed E-state index contributed by atoms with van der Waals surface area (Å²) >= 11 is 0. The van der Waals surface area contributed by atoms with Gasteiger partial charge in [-0.05, 0) is 5.56 Å². The van der Waals surface area contributed by atoms with Gasteiger partial charge in [-0.3, -0.25) is 9.59 Å². The van der Waals surface area contributed by atoms with Crippen molar-refractivity contribution < 1.29 is 4.84 Å². The highest BCUT2D eigenvalue weighted by Crippen LogP contribution is 2.02. The molecule has 0 saturated carbocycles. The van der Waals surface area contributed by atoms with Gasteiger partial charge in [0.25, 0.3) is 0 Å². The Hall–Kier alpha value is -2.75. The summed E-state index contributed by atoms with van der Waals surface area (Å²) in [5.74, 6) is 0. The third-order valence-corrected chi connectivity index (χ3v) is 3.08. The Balaban J connectivity index is 1.97. The second kappa shape index (κ2) is 5.09. The first-order valence-electron chi connectivity index (χ1n) is 6.19. The molecular formula is C16H11NO3. The Bertz CT molecular complexity index is 841. The molecule has 0 amide bonds. The van der Waals surface area contributed by atoms with Crippen LogP contribution in [0.5, 0.6) is 0 Å². The van der Waals surface area contributed by atoms with Crippen LogP contribution in [-0.2, 0) is 11.4 Å². The highest BCUT2D eigenvalue weighted by Gasteiger charge is 2.10. The monoisotopic (exact) mass is 265 g/mol. The number of hydrogen-bond acceptors (Lipinski definition) is 4. The predicted octanol–water partition coefficient (Wildman–Crippen LogP) is 1.47. The van der Waals surface area contributed by atoms with E-state index in [9.17, 15) is 9.59 Å². The minimum absolute atomic E-state index is 0.151. The van der Waals surface area contributed by atoms with Crippen LogP contribution in [0.2, 0.25) is 0 Å². The molecule has 3 aromatic carbocycles. The molecule has 0 spiro atoms. The summed E-state index contributed by atoms with van der Waals surface area (Å²) in [7, 11) is 0. The molecular weight excluding hydrogens is 254 g/mol. The molecule has 0 fully saturated rings. The summed E-state index contributed by atoms with van der Waals surface area (Å²) in [4.78, 5) is 29.2. The topological polar surface area (TPSA) is 55.7 Å². The standard InChI is InChI=1S/C16H11NO3/c18-15-12-8-4-5-9-13(12)16(19)14(15)17-20-10-11-6-2-1-3-7-11/h1-9H,10H2. The first-order chi connectivity index (χ1) is 9.77. The summed E-state index contributed by atoms with van der Waals surface area (Å²) in [6.45, 7) is 0.223. The zero-order chi connectivity index (χ0) is 13.9. The van der Waals surface area contributed by atoms with E-state index in [1.165, 1.54) is 0 Å². The Kier molecular flexibility index (Phi) is 3.13. The number of nitrogens with zero attached hydrogens (tertiary/aromatic N) is 1. The molecule has 20 heavy (non-hydrogen) atoms. The van der Waals surface area contributed by atoms with Gasteiger partial charge in [0.15, 0.2) is 5.36 Å². The Morgan fingerprint density at radius 2 is 1.35 bits per heavy atom. The van der Waals surface area contributed by atoms with Crippen molar-refractivity contribution in [1.29, 1.82) is 0 Å². The van der Waals surface area contributed by atoms with Crippen molar-refractivity contribution in [3.63, 3.8) is 0 Å². The predicted molar refractivity (Wildman–Crippen MR) is 75.7 cm³/mol. The summed E-state index contributed by atoms with van der Waals surface area (Å²) < 4.78 is 0. The molecule has 0 radical (unpaired) electrons. The van der Waals surface area contributed by atoms with E-state index in [1.54, 1.807) is 24.3 Å². The third kappa shape index (κ3) is 2.12. The summed E-state index contributed by atoms with van der Waals surface area (Å²) in [5.41, 5.74) is 0.171. The van der Waals surface area contributed by atoms with Gasteiger partial charge in [0.05, 0.1) is 0 Å². The Morgan fingerprint density at radius 1 is 0.800 bits per heavy atom. The van der Waals surface area contributed by atoms with Crippen LogP contribution in [0.4, 0.5) is 0 Å². The van der Waals surface area contributed by atoms with Crippen LogP contribution in [0.15, 0.2) is 69.3 Å². The minimum atomic E-state index is -0.376. The number of hydrogen-bond donors (Lipinski definition) is 0. The van der Waals surface area contributed by atoms with Crippen molar-refractivity contribution in [2.45, 2.75) is 6.61 Å². The molecule has 0 unspecified atom stereocenters. The highest BCUT2D eigenvalue weighted by atomic mass is 16.6. The molecule has 0 atom stereocenters. The van der Waals surface area contributed by atoms with Crippen molar-refractivity contribution in [2.75, 3.05) is 0 Å². The minimum Gasteiger partial charge on any atom is -0.390 e. The first-order valence-corrected chi connectivity index (χ1v) is 6.19. The van der Waals surface area contributed by atoms with Gasteiger partial charge in [0.2, 0.25) is 10.9 Å². The van der Waals surface area contributed by atoms with Crippen molar-refractivity contribution in [1.82, 2.24) is 0 Å². The SMILES string of the molecule is O=c1c(=NOCc2ccccc2)c(=O)c2ccccc12. The maximum Gasteiger partial charge on any atom is 0.219 e. The average Bonchev–Trinajstić information content (AvgIpc) is 2.74. The fraction of sp³-hybridized carbons (Fsp3) is 0.0625. The van der Waals surface area contributed by atoms with E-state index < -0.39 is 0 Å². The molecule has 0 aromatic heterocycles. The van der Waals surface area contributed by atoms with Crippen molar-refractivity contribution >= 4 is 10.8 Å². The molecule has 0 aliphatic heterocycles. The van der Waals surface area contributed by atoms with E-state index in [2.05, 4.69) is 5.16 Å². The quantitative estimate of drug-likeness (QED) is 0.674. The van der Waals surface area contributed by atoms with Gasteiger partial charge in [-0.25, -0.2) is 0 Å². The number of rotatable bonds is 3. The second-order valence-corrected chi connectivity index (χ2v) is 4.40. The fourth-order valence-electron chi connectivity index (χ4n) is 2.07. The molecule has 0 aliphatic carbocycles. The smallest absolute Gasteiger partial charge is 0.219 e. The maximum atomic E-state index is 12.0. The van der Waals surface area contributed by atoms with Crippen molar-refractivity contribution in [3.8, 4) is 0 Å². The molecule has 0 aliphatic rings. The molecule has 0 N–H and O–H groups in total. The van der Waals surface area contributed by atoms with Crippen LogP contribution in [0.3, 0.4) is 0 Å². The van der Waals surface area contributed by atoms with E-state index >= 15 is 0 Å². The van der Waals surface area contributed by atoms with Gasteiger partial charge >= 0.3 is 0 Å². The molecule has 4 heteroatoms. The van der Waals surface area contributed by atoms with Crippen molar-refractivity contribution in [3.05, 3.63) is 86.0 Å². The lowest BCUT2D eigenvalue weighted by atomic mass is 10.2. The summed E-state index contributed by atoms with van der Waals surface area (Å²) in [6, 6.07) is 16.1. The molecule has 98 valence electrons. The zero-order valence-electron chi connectivity index (χ0n) is 10.6. The van der Waals surface area contributed by atoms with Crippen LogP contribution in [-0.4, -0.2) is 0 Å². The molecule has 0 bridgehead atoms. The lowest BCUT2D eigenvalue weighted by Crippen LogP contribution is -2.31. The van der Waals surface area contributed by atoms with E-state index in [-0.39, 0.29) is 22.8 Å². The van der Waals surface area contributed by atoms with Gasteiger partial charge in [-0.15, -0.1) is 0 Å². The normalized spacial score (nSPS) is 10.6. The lowest BCUT2D eigenvalue weighted by Gasteiger charge is -1.97. The van der Waals surface area contributed by atoms with E-state index in [4.69, 9.17) is 4.84 Å². The van der Waals surface area contributed by atoms with E-state index in [1.807, 2.05) is 30.3 Å². The summed E-state index contributed by atoms with van der Waals surface area (Å²) in [6.07, 6.45) is 0. The molecule has 0 heterocycles. The van der Waals surface area contributed by atoms with Crippen LogP contribution in [0.1, 0.15) is 5.56 Å². The van der Waals surface area contributed by atoms with Gasteiger partial charge in [0, 0.05) is 10.8 Å². The largest absolute Gasteiger partial charge is 0.390 e. The van der Waals surface area contributed by atoms with Gasteiger partial charge in [-0.2, -0.15) is 0 Å². The zero-order valence-corrected chi connectivity index (χ0v) is 10.6. The molecule has 0 saturated heterocycles. The lowest BCUT2D eigenvalue weighted by molar-refractivity contribution is 0.119. The third-order valence-electron chi connectivity index (χ3n) is 3.08. The van der Waals surface area contributed by atoms with Gasteiger partial charge < -0.3 is 4.84 Å². The second-order valence-electron chi connectivity index (χ2n) is 4.40. The number of fused-ring (bicyclic) bond motifs is 1. The van der Waals surface area contributed by atoms with Crippen molar-refractivity contribution in [2.24, 2.45) is 5.16 Å². The Labute approximate surface area is 114 Å². The maximum absolute atomic E-state index is 12.0. The van der Waals surface area contributed by atoms with Crippen LogP contribution >= 0.6 is 0 Å². The van der Waals surface area contributed by atoms with Crippen LogP contribution in [0, 0.1) is 0 Å². The van der Waals surface area contributed by atoms with Gasteiger partial charge in [-0.1, -0.05) is 59.8 Å².